The van der Waals surface area contributed by atoms with Gasteiger partial charge in [0.25, 0.3) is 0 Å². The highest BCUT2D eigenvalue weighted by Gasteiger charge is 2.00. The summed E-state index contributed by atoms with van der Waals surface area (Å²) in [5.74, 6) is -0.0448. The maximum Gasteiger partial charge on any atom is 0.239 e. The molecule has 0 aromatic heterocycles. The lowest BCUT2D eigenvalue weighted by Crippen LogP contribution is -2.29. The summed E-state index contributed by atoms with van der Waals surface area (Å²) in [5.41, 5.74) is 2.09. The second kappa shape index (κ2) is 6.33. The van der Waals surface area contributed by atoms with Crippen LogP contribution in [0.25, 0.3) is 0 Å². The Balaban J connectivity index is 2.45. The first-order chi connectivity index (χ1) is 7.63. The predicted octanol–water partition coefficient (Wildman–Crippen LogP) is 2.47. The van der Waals surface area contributed by atoms with Gasteiger partial charge in [0.05, 0.1) is 6.54 Å². The average Bonchev–Trinajstić information content (AvgIpc) is 2.28. The van der Waals surface area contributed by atoms with Gasteiger partial charge in [-0.05, 0) is 24.6 Å². The van der Waals surface area contributed by atoms with Crippen molar-refractivity contribution in [2.45, 2.75) is 6.92 Å². The average molecular weight is 283 g/mol. The van der Waals surface area contributed by atoms with Gasteiger partial charge in [0.15, 0.2) is 0 Å². The SMILES string of the molecule is C=CCNC(=O)CNc1ccc(C)c(Br)c1. The topological polar surface area (TPSA) is 41.1 Å². The van der Waals surface area contributed by atoms with E-state index < -0.39 is 0 Å². The van der Waals surface area contributed by atoms with Crippen LogP contribution in [-0.4, -0.2) is 19.0 Å². The first-order valence-electron chi connectivity index (χ1n) is 5.01. The number of carbonyl (C=O) groups is 1. The zero-order valence-electron chi connectivity index (χ0n) is 9.22. The van der Waals surface area contributed by atoms with Crippen LogP contribution in [-0.2, 0) is 4.79 Å². The highest BCUT2D eigenvalue weighted by atomic mass is 79.9. The molecular weight excluding hydrogens is 268 g/mol. The molecular formula is C12H15BrN2O. The molecule has 0 aliphatic rings. The summed E-state index contributed by atoms with van der Waals surface area (Å²) in [4.78, 5) is 11.3. The predicted molar refractivity (Wildman–Crippen MR) is 70.6 cm³/mol. The molecule has 2 N–H and O–H groups in total. The van der Waals surface area contributed by atoms with Crippen molar-refractivity contribution < 1.29 is 4.79 Å². The van der Waals surface area contributed by atoms with E-state index in [4.69, 9.17) is 0 Å². The summed E-state index contributed by atoms with van der Waals surface area (Å²) >= 11 is 3.44. The zero-order valence-corrected chi connectivity index (χ0v) is 10.8. The fraction of sp³-hybridized carbons (Fsp3) is 0.250. The molecule has 0 saturated heterocycles. The minimum atomic E-state index is -0.0448. The first-order valence-corrected chi connectivity index (χ1v) is 5.80. The Morgan fingerprint density at radius 2 is 2.31 bits per heavy atom. The number of nitrogens with one attached hydrogen (secondary N) is 2. The van der Waals surface area contributed by atoms with Gasteiger partial charge < -0.3 is 10.6 Å². The van der Waals surface area contributed by atoms with E-state index in [-0.39, 0.29) is 12.5 Å². The van der Waals surface area contributed by atoms with E-state index in [9.17, 15) is 4.79 Å². The van der Waals surface area contributed by atoms with Crippen LogP contribution < -0.4 is 10.6 Å². The molecule has 0 unspecified atom stereocenters. The summed E-state index contributed by atoms with van der Waals surface area (Å²) < 4.78 is 1.03. The van der Waals surface area contributed by atoms with Crippen molar-refractivity contribution in [2.75, 3.05) is 18.4 Å². The van der Waals surface area contributed by atoms with Gasteiger partial charge in [-0.1, -0.05) is 28.1 Å². The van der Waals surface area contributed by atoms with Gasteiger partial charge >= 0.3 is 0 Å². The highest BCUT2D eigenvalue weighted by Crippen LogP contribution is 2.20. The Labute approximate surface area is 104 Å². The van der Waals surface area contributed by atoms with E-state index in [1.165, 1.54) is 5.56 Å². The van der Waals surface area contributed by atoms with E-state index in [1.54, 1.807) is 6.08 Å². The Kier molecular flexibility index (Phi) is 5.05. The third-order valence-electron chi connectivity index (χ3n) is 2.07. The molecule has 0 aliphatic carbocycles. The molecule has 0 bridgehead atoms. The minimum absolute atomic E-state index is 0.0448. The molecule has 0 saturated carbocycles. The first kappa shape index (κ1) is 12.8. The summed E-state index contributed by atoms with van der Waals surface area (Å²) in [7, 11) is 0. The second-order valence-corrected chi connectivity index (χ2v) is 4.26. The van der Waals surface area contributed by atoms with Crippen molar-refractivity contribution >= 4 is 27.5 Å². The number of halogens is 1. The number of benzene rings is 1. The molecule has 4 heteroatoms. The highest BCUT2D eigenvalue weighted by molar-refractivity contribution is 9.10. The molecule has 0 radical (unpaired) electrons. The molecule has 0 aliphatic heterocycles. The van der Waals surface area contributed by atoms with Crippen molar-refractivity contribution in [1.82, 2.24) is 5.32 Å². The lowest BCUT2D eigenvalue weighted by atomic mass is 10.2. The summed E-state index contributed by atoms with van der Waals surface area (Å²) in [6, 6.07) is 5.89. The maximum absolute atomic E-state index is 11.3. The van der Waals surface area contributed by atoms with Crippen molar-refractivity contribution in [3.8, 4) is 0 Å². The fourth-order valence-electron chi connectivity index (χ4n) is 1.13. The third-order valence-corrected chi connectivity index (χ3v) is 2.92. The Morgan fingerprint density at radius 3 is 2.94 bits per heavy atom. The zero-order chi connectivity index (χ0) is 12.0. The summed E-state index contributed by atoms with van der Waals surface area (Å²) in [5, 5.41) is 5.74. The largest absolute Gasteiger partial charge is 0.376 e. The molecule has 1 aromatic carbocycles. The van der Waals surface area contributed by atoms with Crippen molar-refractivity contribution in [3.63, 3.8) is 0 Å². The summed E-state index contributed by atoms with van der Waals surface area (Å²) in [6.07, 6.45) is 1.65. The molecule has 0 fully saturated rings. The molecule has 1 aromatic rings. The van der Waals surface area contributed by atoms with Gasteiger partial charge in [0.1, 0.15) is 0 Å². The van der Waals surface area contributed by atoms with Gasteiger partial charge in [-0.2, -0.15) is 0 Å². The Morgan fingerprint density at radius 1 is 1.56 bits per heavy atom. The minimum Gasteiger partial charge on any atom is -0.376 e. The number of hydrogen-bond donors (Lipinski definition) is 2. The molecule has 0 spiro atoms. The van der Waals surface area contributed by atoms with Gasteiger partial charge in [0, 0.05) is 16.7 Å². The van der Waals surface area contributed by atoms with Crippen LogP contribution in [0.1, 0.15) is 5.56 Å². The van der Waals surface area contributed by atoms with Gasteiger partial charge in [-0.15, -0.1) is 6.58 Å². The molecule has 16 heavy (non-hydrogen) atoms. The number of carbonyl (C=O) groups excluding carboxylic acids is 1. The molecule has 0 atom stereocenters. The second-order valence-electron chi connectivity index (χ2n) is 3.41. The number of anilines is 1. The molecule has 3 nitrogen and oxygen atoms in total. The van der Waals surface area contributed by atoms with Crippen molar-refractivity contribution in [1.29, 1.82) is 0 Å². The van der Waals surface area contributed by atoms with Gasteiger partial charge in [-0.25, -0.2) is 0 Å². The van der Waals surface area contributed by atoms with E-state index >= 15 is 0 Å². The third kappa shape index (κ3) is 4.06. The smallest absolute Gasteiger partial charge is 0.239 e. The van der Waals surface area contributed by atoms with Crippen LogP contribution in [0.4, 0.5) is 5.69 Å². The van der Waals surface area contributed by atoms with Crippen LogP contribution in [0.2, 0.25) is 0 Å². The molecule has 1 amide bonds. The van der Waals surface area contributed by atoms with E-state index in [2.05, 4.69) is 33.1 Å². The Hall–Kier alpha value is -1.29. The van der Waals surface area contributed by atoms with Crippen LogP contribution in [0.15, 0.2) is 35.3 Å². The van der Waals surface area contributed by atoms with Crippen LogP contribution >= 0.6 is 15.9 Å². The summed E-state index contributed by atoms with van der Waals surface area (Å²) in [6.45, 7) is 6.31. The van der Waals surface area contributed by atoms with E-state index in [1.807, 2.05) is 25.1 Å². The van der Waals surface area contributed by atoms with Gasteiger partial charge in [0.2, 0.25) is 5.91 Å². The maximum atomic E-state index is 11.3. The van der Waals surface area contributed by atoms with Crippen molar-refractivity contribution in [3.05, 3.63) is 40.9 Å². The normalized spacial score (nSPS) is 9.62. The van der Waals surface area contributed by atoms with Crippen LogP contribution in [0.3, 0.4) is 0 Å². The van der Waals surface area contributed by atoms with E-state index in [0.29, 0.717) is 6.54 Å². The molecule has 0 heterocycles. The van der Waals surface area contributed by atoms with E-state index in [0.717, 1.165) is 10.2 Å². The number of aryl methyl sites for hydroxylation is 1. The monoisotopic (exact) mass is 282 g/mol. The standard InChI is InChI=1S/C12H15BrN2O/c1-3-6-14-12(16)8-15-10-5-4-9(2)11(13)7-10/h3-5,7,15H,1,6,8H2,2H3,(H,14,16). The lowest BCUT2D eigenvalue weighted by Gasteiger charge is -2.07. The number of amides is 1. The quantitative estimate of drug-likeness (QED) is 0.815. The van der Waals surface area contributed by atoms with Crippen molar-refractivity contribution in [2.24, 2.45) is 0 Å². The lowest BCUT2D eigenvalue weighted by molar-refractivity contribution is -0.119. The number of rotatable bonds is 5. The Bertz CT molecular complexity index is 391. The molecule has 1 rings (SSSR count). The van der Waals surface area contributed by atoms with Gasteiger partial charge in [-0.3, -0.25) is 4.79 Å². The molecule has 86 valence electrons. The van der Waals surface area contributed by atoms with Crippen LogP contribution in [0, 0.1) is 6.92 Å². The number of hydrogen-bond acceptors (Lipinski definition) is 2. The fourth-order valence-corrected chi connectivity index (χ4v) is 1.51. The van der Waals surface area contributed by atoms with Crippen LogP contribution in [0.5, 0.6) is 0 Å².